The molecule has 0 fully saturated rings. The van der Waals surface area contributed by atoms with Crippen LogP contribution in [0.15, 0.2) is 18.2 Å². The summed E-state index contributed by atoms with van der Waals surface area (Å²) in [7, 11) is 0. The van der Waals surface area contributed by atoms with Crippen molar-refractivity contribution >= 4 is 0 Å². The third kappa shape index (κ3) is 4.21. The van der Waals surface area contributed by atoms with Crippen LogP contribution in [0.5, 0.6) is 5.75 Å². The van der Waals surface area contributed by atoms with Gasteiger partial charge in [-0.25, -0.2) is 0 Å². The molecule has 1 atom stereocenters. The van der Waals surface area contributed by atoms with E-state index >= 15 is 0 Å². The van der Waals surface area contributed by atoms with Gasteiger partial charge in [-0.05, 0) is 38.4 Å². The van der Waals surface area contributed by atoms with Crippen molar-refractivity contribution < 1.29 is 9.84 Å². The first-order valence-electron chi connectivity index (χ1n) is 5.71. The van der Waals surface area contributed by atoms with Crippen molar-refractivity contribution in [1.82, 2.24) is 0 Å². The Labute approximate surface area is 97.2 Å². The van der Waals surface area contributed by atoms with Crippen molar-refractivity contribution in [1.29, 1.82) is 0 Å². The zero-order chi connectivity index (χ0) is 12.0. The lowest BCUT2D eigenvalue weighted by molar-refractivity contribution is 0.133. The third-order valence-electron chi connectivity index (χ3n) is 2.54. The molecule has 3 heteroatoms. The second kappa shape index (κ2) is 6.51. The van der Waals surface area contributed by atoms with Crippen LogP contribution in [0.3, 0.4) is 0 Å². The number of benzene rings is 1. The number of aliphatic hydroxyl groups excluding tert-OH is 1. The quantitative estimate of drug-likeness (QED) is 0.773. The van der Waals surface area contributed by atoms with Gasteiger partial charge in [0.25, 0.3) is 0 Å². The lowest BCUT2D eigenvalue weighted by atomic mass is 10.1. The van der Waals surface area contributed by atoms with E-state index < -0.39 is 0 Å². The average molecular weight is 223 g/mol. The smallest absolute Gasteiger partial charge is 0.122 e. The van der Waals surface area contributed by atoms with Crippen LogP contribution in [0.1, 0.15) is 24.0 Å². The minimum atomic E-state index is -0.351. The molecule has 0 aliphatic carbocycles. The molecule has 1 rings (SSSR count). The number of aryl methyl sites for hydroxylation is 2. The molecule has 0 aromatic heterocycles. The van der Waals surface area contributed by atoms with Gasteiger partial charge >= 0.3 is 0 Å². The Kier molecular flexibility index (Phi) is 5.29. The van der Waals surface area contributed by atoms with Crippen molar-refractivity contribution in [3.8, 4) is 5.75 Å². The van der Waals surface area contributed by atoms with E-state index in [9.17, 15) is 5.11 Å². The Morgan fingerprint density at radius 3 is 2.69 bits per heavy atom. The summed E-state index contributed by atoms with van der Waals surface area (Å²) in [5, 5.41) is 9.48. The van der Waals surface area contributed by atoms with Crippen LogP contribution in [0.2, 0.25) is 0 Å². The molecule has 0 bridgehead atoms. The molecule has 1 unspecified atom stereocenters. The van der Waals surface area contributed by atoms with E-state index in [0.29, 0.717) is 26.0 Å². The van der Waals surface area contributed by atoms with Gasteiger partial charge in [0.2, 0.25) is 0 Å². The largest absolute Gasteiger partial charge is 0.493 e. The molecule has 0 aliphatic rings. The summed E-state index contributed by atoms with van der Waals surface area (Å²) in [6.45, 7) is 5.14. The third-order valence-corrected chi connectivity index (χ3v) is 2.54. The fourth-order valence-corrected chi connectivity index (χ4v) is 1.60. The van der Waals surface area contributed by atoms with Crippen molar-refractivity contribution in [2.75, 3.05) is 13.2 Å². The van der Waals surface area contributed by atoms with E-state index in [-0.39, 0.29) is 6.10 Å². The molecule has 0 saturated carbocycles. The molecule has 90 valence electrons. The van der Waals surface area contributed by atoms with Crippen molar-refractivity contribution in [3.63, 3.8) is 0 Å². The van der Waals surface area contributed by atoms with Crippen molar-refractivity contribution in [3.05, 3.63) is 29.3 Å². The second-order valence-corrected chi connectivity index (χ2v) is 4.14. The zero-order valence-electron chi connectivity index (χ0n) is 10.1. The van der Waals surface area contributed by atoms with E-state index in [1.807, 2.05) is 19.1 Å². The van der Waals surface area contributed by atoms with E-state index in [1.165, 1.54) is 5.56 Å². The highest BCUT2D eigenvalue weighted by atomic mass is 16.5. The van der Waals surface area contributed by atoms with Gasteiger partial charge in [0.15, 0.2) is 0 Å². The van der Waals surface area contributed by atoms with Crippen LogP contribution in [0.4, 0.5) is 0 Å². The number of hydrogen-bond donors (Lipinski definition) is 2. The van der Waals surface area contributed by atoms with Crippen molar-refractivity contribution in [2.24, 2.45) is 5.73 Å². The standard InChI is InChI=1S/C13H21NO2/c1-10-3-4-13(11(2)9-10)16-8-6-12(15)5-7-14/h3-4,9,12,15H,5-8,14H2,1-2H3. The van der Waals surface area contributed by atoms with E-state index in [4.69, 9.17) is 10.5 Å². The van der Waals surface area contributed by atoms with Crippen LogP contribution in [-0.4, -0.2) is 24.4 Å². The van der Waals surface area contributed by atoms with Gasteiger partial charge in [-0.3, -0.25) is 0 Å². The highest BCUT2D eigenvalue weighted by molar-refractivity contribution is 5.35. The minimum Gasteiger partial charge on any atom is -0.493 e. The van der Waals surface area contributed by atoms with E-state index in [1.54, 1.807) is 0 Å². The van der Waals surface area contributed by atoms with Gasteiger partial charge < -0.3 is 15.6 Å². The van der Waals surface area contributed by atoms with Gasteiger partial charge in [0.05, 0.1) is 12.7 Å². The fraction of sp³-hybridized carbons (Fsp3) is 0.538. The first-order chi connectivity index (χ1) is 7.63. The molecule has 3 N–H and O–H groups in total. The Balaban J connectivity index is 2.37. The van der Waals surface area contributed by atoms with Crippen LogP contribution in [0, 0.1) is 13.8 Å². The fourth-order valence-electron chi connectivity index (χ4n) is 1.60. The summed E-state index contributed by atoms with van der Waals surface area (Å²) in [4.78, 5) is 0. The number of nitrogens with two attached hydrogens (primary N) is 1. The Morgan fingerprint density at radius 1 is 1.31 bits per heavy atom. The van der Waals surface area contributed by atoms with E-state index in [2.05, 4.69) is 13.0 Å². The van der Waals surface area contributed by atoms with Crippen LogP contribution in [-0.2, 0) is 0 Å². The first-order valence-corrected chi connectivity index (χ1v) is 5.71. The molecule has 0 amide bonds. The van der Waals surface area contributed by atoms with Gasteiger partial charge in [0.1, 0.15) is 5.75 Å². The van der Waals surface area contributed by atoms with Gasteiger partial charge in [-0.1, -0.05) is 17.7 Å². The Bertz CT molecular complexity index is 326. The molecule has 0 spiro atoms. The summed E-state index contributed by atoms with van der Waals surface area (Å²) in [6.07, 6.45) is 0.913. The monoisotopic (exact) mass is 223 g/mol. The Morgan fingerprint density at radius 2 is 2.06 bits per heavy atom. The molecule has 0 aliphatic heterocycles. The molecule has 16 heavy (non-hydrogen) atoms. The molecule has 0 radical (unpaired) electrons. The van der Waals surface area contributed by atoms with Crippen molar-refractivity contribution in [2.45, 2.75) is 32.8 Å². The first kappa shape index (κ1) is 13.0. The summed E-state index contributed by atoms with van der Waals surface area (Å²) in [5.41, 5.74) is 7.71. The molecule has 0 heterocycles. The maximum atomic E-state index is 9.48. The molecule has 3 nitrogen and oxygen atoms in total. The van der Waals surface area contributed by atoms with Crippen LogP contribution >= 0.6 is 0 Å². The second-order valence-electron chi connectivity index (χ2n) is 4.14. The van der Waals surface area contributed by atoms with E-state index in [0.717, 1.165) is 11.3 Å². The molecular weight excluding hydrogens is 202 g/mol. The van der Waals surface area contributed by atoms with Crippen LogP contribution < -0.4 is 10.5 Å². The number of rotatable bonds is 6. The summed E-state index contributed by atoms with van der Waals surface area (Å²) in [5.74, 6) is 0.894. The maximum absolute atomic E-state index is 9.48. The molecule has 1 aromatic rings. The van der Waals surface area contributed by atoms with Crippen LogP contribution in [0.25, 0.3) is 0 Å². The lowest BCUT2D eigenvalue weighted by Crippen LogP contribution is -2.16. The highest BCUT2D eigenvalue weighted by Gasteiger charge is 2.04. The minimum absolute atomic E-state index is 0.351. The topological polar surface area (TPSA) is 55.5 Å². The molecule has 1 aromatic carbocycles. The normalized spacial score (nSPS) is 12.5. The Hall–Kier alpha value is -1.06. The molecular formula is C13H21NO2. The highest BCUT2D eigenvalue weighted by Crippen LogP contribution is 2.18. The summed E-state index contributed by atoms with van der Waals surface area (Å²) < 4.78 is 5.61. The average Bonchev–Trinajstić information content (AvgIpc) is 2.22. The SMILES string of the molecule is Cc1ccc(OCCC(O)CCN)c(C)c1. The van der Waals surface area contributed by atoms with Gasteiger partial charge in [0, 0.05) is 6.42 Å². The predicted molar refractivity (Wildman–Crippen MR) is 65.7 cm³/mol. The predicted octanol–water partition coefficient (Wildman–Crippen LogP) is 1.78. The van der Waals surface area contributed by atoms with Gasteiger partial charge in [-0.2, -0.15) is 0 Å². The number of hydrogen-bond acceptors (Lipinski definition) is 3. The molecule has 0 saturated heterocycles. The summed E-state index contributed by atoms with van der Waals surface area (Å²) >= 11 is 0. The number of ether oxygens (including phenoxy) is 1. The lowest BCUT2D eigenvalue weighted by Gasteiger charge is -2.12. The summed E-state index contributed by atoms with van der Waals surface area (Å²) in [6, 6.07) is 6.09. The maximum Gasteiger partial charge on any atom is 0.122 e. The number of aliphatic hydroxyl groups is 1. The zero-order valence-corrected chi connectivity index (χ0v) is 10.1. The van der Waals surface area contributed by atoms with Gasteiger partial charge in [-0.15, -0.1) is 0 Å².